The van der Waals surface area contributed by atoms with Crippen LogP contribution in [-0.2, 0) is 9.53 Å². The highest BCUT2D eigenvalue weighted by Crippen LogP contribution is 2.31. The molecule has 0 aromatic carbocycles. The van der Waals surface area contributed by atoms with E-state index in [4.69, 9.17) is 9.84 Å². The van der Waals surface area contributed by atoms with Crippen molar-refractivity contribution in [3.8, 4) is 0 Å². The van der Waals surface area contributed by atoms with E-state index in [1.807, 2.05) is 6.92 Å². The average Bonchev–Trinajstić information content (AvgIpc) is 2.28. The smallest absolute Gasteiger partial charge is 0.304 e. The van der Waals surface area contributed by atoms with Crippen LogP contribution >= 0.6 is 0 Å². The van der Waals surface area contributed by atoms with Crippen molar-refractivity contribution in [1.29, 1.82) is 0 Å². The molecule has 0 amide bonds. The van der Waals surface area contributed by atoms with E-state index in [2.05, 4.69) is 19.2 Å². The molecule has 1 aliphatic heterocycles. The van der Waals surface area contributed by atoms with E-state index in [9.17, 15) is 4.79 Å². The molecule has 0 aromatic heterocycles. The van der Waals surface area contributed by atoms with Crippen LogP contribution in [0.25, 0.3) is 0 Å². The summed E-state index contributed by atoms with van der Waals surface area (Å²) in [5.74, 6) is -0.741. The van der Waals surface area contributed by atoms with Gasteiger partial charge >= 0.3 is 5.97 Å². The number of ether oxygens (including phenoxy) is 1. The van der Waals surface area contributed by atoms with Crippen molar-refractivity contribution in [3.63, 3.8) is 0 Å². The summed E-state index contributed by atoms with van der Waals surface area (Å²) in [7, 11) is 0. The van der Waals surface area contributed by atoms with Crippen molar-refractivity contribution in [2.45, 2.75) is 70.6 Å². The molecule has 4 nitrogen and oxygen atoms in total. The Morgan fingerprint density at radius 1 is 1.53 bits per heavy atom. The Bertz CT molecular complexity index is 251. The van der Waals surface area contributed by atoms with E-state index in [1.165, 1.54) is 0 Å². The minimum absolute atomic E-state index is 0.00113. The van der Waals surface area contributed by atoms with Crippen molar-refractivity contribution in [1.82, 2.24) is 5.32 Å². The molecular formula is C13H25NO3. The minimum atomic E-state index is -0.741. The second-order valence-electron chi connectivity index (χ2n) is 5.09. The number of hydrogen-bond acceptors (Lipinski definition) is 3. The van der Waals surface area contributed by atoms with Crippen molar-refractivity contribution >= 4 is 5.97 Å². The predicted octanol–water partition coefficient (Wildman–Crippen LogP) is 2.18. The molecule has 1 fully saturated rings. The normalized spacial score (nSPS) is 25.5. The third kappa shape index (κ3) is 4.28. The number of nitrogens with one attached hydrogen (secondary N) is 1. The summed E-state index contributed by atoms with van der Waals surface area (Å²) in [6, 6.07) is 0.417. The Labute approximate surface area is 104 Å². The van der Waals surface area contributed by atoms with Gasteiger partial charge in [0, 0.05) is 18.7 Å². The van der Waals surface area contributed by atoms with Gasteiger partial charge in [0.05, 0.1) is 12.0 Å². The van der Waals surface area contributed by atoms with Gasteiger partial charge in [0.2, 0.25) is 0 Å². The van der Waals surface area contributed by atoms with E-state index in [0.29, 0.717) is 6.04 Å². The van der Waals surface area contributed by atoms with Gasteiger partial charge in [-0.15, -0.1) is 0 Å². The van der Waals surface area contributed by atoms with Gasteiger partial charge in [-0.05, 0) is 32.6 Å². The molecule has 0 aromatic rings. The molecule has 1 heterocycles. The number of carbonyl (C=O) groups is 1. The summed E-state index contributed by atoms with van der Waals surface area (Å²) < 4.78 is 5.90. The fourth-order valence-corrected chi connectivity index (χ4v) is 2.64. The summed E-state index contributed by atoms with van der Waals surface area (Å²) in [5, 5.41) is 12.2. The van der Waals surface area contributed by atoms with Gasteiger partial charge in [-0.1, -0.05) is 13.8 Å². The van der Waals surface area contributed by atoms with E-state index in [0.717, 1.165) is 32.3 Å². The van der Waals surface area contributed by atoms with Gasteiger partial charge in [0.15, 0.2) is 0 Å². The lowest BCUT2D eigenvalue weighted by molar-refractivity contribution is -0.137. The number of carboxylic acids is 1. The van der Waals surface area contributed by atoms with Crippen LogP contribution in [0, 0.1) is 0 Å². The quantitative estimate of drug-likeness (QED) is 0.750. The fraction of sp³-hybridized carbons (Fsp3) is 0.923. The molecule has 0 saturated carbocycles. The highest BCUT2D eigenvalue weighted by molar-refractivity contribution is 5.67. The highest BCUT2D eigenvalue weighted by Gasteiger charge is 2.34. The van der Waals surface area contributed by atoms with Crippen LogP contribution in [0.3, 0.4) is 0 Å². The summed E-state index contributed by atoms with van der Waals surface area (Å²) >= 11 is 0. The zero-order valence-corrected chi connectivity index (χ0v) is 11.2. The Balaban J connectivity index is 2.46. The van der Waals surface area contributed by atoms with E-state index >= 15 is 0 Å². The monoisotopic (exact) mass is 243 g/mol. The zero-order valence-electron chi connectivity index (χ0n) is 11.2. The number of carboxylic acid groups (broad SMARTS) is 1. The zero-order chi connectivity index (χ0) is 12.9. The molecule has 0 bridgehead atoms. The molecule has 2 unspecified atom stereocenters. The maximum Gasteiger partial charge on any atom is 0.304 e. The lowest BCUT2D eigenvalue weighted by atomic mass is 9.85. The Morgan fingerprint density at radius 2 is 2.18 bits per heavy atom. The standard InChI is InChI=1S/C13H25NO3/c1-4-13(5-2)9-11(6-7-17-13)14-10(3)8-12(15)16/h10-11,14H,4-9H2,1-3H3,(H,15,16). The van der Waals surface area contributed by atoms with Crippen LogP contribution in [0.5, 0.6) is 0 Å². The van der Waals surface area contributed by atoms with Crippen LogP contribution in [0.15, 0.2) is 0 Å². The molecule has 17 heavy (non-hydrogen) atoms. The molecule has 2 N–H and O–H groups in total. The second kappa shape index (κ2) is 6.36. The van der Waals surface area contributed by atoms with Crippen molar-refractivity contribution in [3.05, 3.63) is 0 Å². The van der Waals surface area contributed by atoms with Gasteiger partial charge < -0.3 is 15.2 Å². The number of aliphatic carboxylic acids is 1. The molecule has 1 aliphatic rings. The van der Waals surface area contributed by atoms with Gasteiger partial charge in [0.25, 0.3) is 0 Å². The van der Waals surface area contributed by atoms with Gasteiger partial charge in [0.1, 0.15) is 0 Å². The second-order valence-corrected chi connectivity index (χ2v) is 5.09. The molecular weight excluding hydrogens is 218 g/mol. The summed E-state index contributed by atoms with van der Waals surface area (Å²) in [6.07, 6.45) is 4.20. The maximum absolute atomic E-state index is 10.6. The van der Waals surface area contributed by atoms with Crippen molar-refractivity contribution < 1.29 is 14.6 Å². The van der Waals surface area contributed by atoms with Crippen LogP contribution in [0.4, 0.5) is 0 Å². The van der Waals surface area contributed by atoms with Crippen molar-refractivity contribution in [2.24, 2.45) is 0 Å². The molecule has 4 heteroatoms. The van der Waals surface area contributed by atoms with E-state index in [-0.39, 0.29) is 18.1 Å². The first-order valence-electron chi connectivity index (χ1n) is 6.63. The van der Waals surface area contributed by atoms with Gasteiger partial charge in [-0.25, -0.2) is 0 Å². The number of hydrogen-bond donors (Lipinski definition) is 2. The van der Waals surface area contributed by atoms with E-state index in [1.54, 1.807) is 0 Å². The van der Waals surface area contributed by atoms with Gasteiger partial charge in [-0.3, -0.25) is 4.79 Å². The number of rotatable bonds is 6. The highest BCUT2D eigenvalue weighted by atomic mass is 16.5. The largest absolute Gasteiger partial charge is 0.481 e. The summed E-state index contributed by atoms with van der Waals surface area (Å²) in [4.78, 5) is 10.6. The fourth-order valence-electron chi connectivity index (χ4n) is 2.64. The van der Waals surface area contributed by atoms with Crippen LogP contribution in [0.1, 0.15) is 52.9 Å². The Hall–Kier alpha value is -0.610. The molecule has 1 rings (SSSR count). The Kier molecular flexibility index (Phi) is 5.40. The molecule has 0 aliphatic carbocycles. The van der Waals surface area contributed by atoms with Gasteiger partial charge in [-0.2, -0.15) is 0 Å². The topological polar surface area (TPSA) is 58.6 Å². The third-order valence-corrected chi connectivity index (χ3v) is 3.78. The summed E-state index contributed by atoms with van der Waals surface area (Å²) in [6.45, 7) is 7.03. The molecule has 0 radical (unpaired) electrons. The van der Waals surface area contributed by atoms with Crippen LogP contribution < -0.4 is 5.32 Å². The minimum Gasteiger partial charge on any atom is -0.481 e. The molecule has 0 spiro atoms. The van der Waals surface area contributed by atoms with Crippen LogP contribution in [-0.4, -0.2) is 35.4 Å². The lowest BCUT2D eigenvalue weighted by Gasteiger charge is -2.41. The molecule has 100 valence electrons. The van der Waals surface area contributed by atoms with E-state index < -0.39 is 5.97 Å². The third-order valence-electron chi connectivity index (χ3n) is 3.78. The average molecular weight is 243 g/mol. The molecule has 1 saturated heterocycles. The van der Waals surface area contributed by atoms with Crippen molar-refractivity contribution in [2.75, 3.05) is 6.61 Å². The van der Waals surface area contributed by atoms with Crippen LogP contribution in [0.2, 0.25) is 0 Å². The lowest BCUT2D eigenvalue weighted by Crippen LogP contribution is -2.49. The molecule has 2 atom stereocenters. The SMILES string of the molecule is CCC1(CC)CC(NC(C)CC(=O)O)CCO1. The first kappa shape index (κ1) is 14.5. The summed E-state index contributed by atoms with van der Waals surface area (Å²) in [5.41, 5.74) is -0.00113. The first-order valence-corrected chi connectivity index (χ1v) is 6.63. The Morgan fingerprint density at radius 3 is 2.71 bits per heavy atom. The first-order chi connectivity index (χ1) is 8.01. The maximum atomic E-state index is 10.6. The predicted molar refractivity (Wildman–Crippen MR) is 67.1 cm³/mol.